The Hall–Kier alpha value is -0.220. The smallest absolute Gasteiger partial charge is 0.236 e. The maximum atomic E-state index is 12.2. The van der Waals surface area contributed by atoms with Crippen LogP contribution in [-0.4, -0.2) is 47.5 Å². The lowest BCUT2D eigenvalue weighted by Gasteiger charge is -2.31. The summed E-state index contributed by atoms with van der Waals surface area (Å²) in [5.74, 6) is 0.297. The van der Waals surface area contributed by atoms with Gasteiger partial charge in [0.25, 0.3) is 0 Å². The molecule has 2 fully saturated rings. The highest BCUT2D eigenvalue weighted by Crippen LogP contribution is 2.28. The van der Waals surface area contributed by atoms with E-state index in [0.717, 1.165) is 6.54 Å². The van der Waals surface area contributed by atoms with Gasteiger partial charge in [-0.2, -0.15) is 11.8 Å². The second-order valence-corrected chi connectivity index (χ2v) is 6.53. The van der Waals surface area contributed by atoms with E-state index in [-0.39, 0.29) is 0 Å². The summed E-state index contributed by atoms with van der Waals surface area (Å²) in [6.07, 6.45) is 9.78. The summed E-state index contributed by atoms with van der Waals surface area (Å²) in [7, 11) is 0. The van der Waals surface area contributed by atoms with Gasteiger partial charge in [-0.05, 0) is 38.9 Å². The molecule has 0 aliphatic heterocycles. The zero-order chi connectivity index (χ0) is 13.0. The minimum Gasteiger partial charge on any atom is -0.339 e. The number of nitrogens with one attached hydrogen (secondary N) is 1. The molecule has 3 nitrogen and oxygen atoms in total. The van der Waals surface area contributed by atoms with Crippen molar-refractivity contribution in [3.8, 4) is 0 Å². The van der Waals surface area contributed by atoms with Gasteiger partial charge in [0, 0.05) is 23.9 Å². The van der Waals surface area contributed by atoms with Crippen LogP contribution >= 0.6 is 11.8 Å². The first-order valence-corrected chi connectivity index (χ1v) is 8.60. The molecular weight excluding hydrogens is 244 g/mol. The fourth-order valence-corrected chi connectivity index (χ4v) is 3.92. The fraction of sp³-hybridized carbons (Fsp3) is 0.929. The van der Waals surface area contributed by atoms with Gasteiger partial charge in [0.2, 0.25) is 5.91 Å². The predicted molar refractivity (Wildman–Crippen MR) is 78.0 cm³/mol. The number of hydrogen-bond acceptors (Lipinski definition) is 3. The molecule has 4 heteroatoms. The van der Waals surface area contributed by atoms with Crippen LogP contribution in [-0.2, 0) is 4.79 Å². The van der Waals surface area contributed by atoms with Crippen molar-refractivity contribution in [2.45, 2.75) is 62.8 Å². The number of thioether (sulfide) groups is 1. The first-order chi connectivity index (χ1) is 8.76. The summed E-state index contributed by atoms with van der Waals surface area (Å²) in [4.78, 5) is 14.2. The summed E-state index contributed by atoms with van der Waals surface area (Å²) in [5, 5.41) is 4.20. The van der Waals surface area contributed by atoms with Crippen LogP contribution in [0, 0.1) is 0 Å². The molecule has 2 atom stereocenters. The molecular formula is C14H26N2OS. The minimum absolute atomic E-state index is 0.297. The van der Waals surface area contributed by atoms with E-state index in [4.69, 9.17) is 0 Å². The fourth-order valence-electron chi connectivity index (χ4n) is 2.96. The zero-order valence-electron chi connectivity index (χ0n) is 11.7. The first kappa shape index (κ1) is 14.2. The number of carbonyl (C=O) groups excluding carboxylic acids is 1. The van der Waals surface area contributed by atoms with E-state index in [0.29, 0.717) is 29.8 Å². The van der Waals surface area contributed by atoms with Gasteiger partial charge in [-0.25, -0.2) is 0 Å². The average Bonchev–Trinajstić information content (AvgIpc) is 3.22. The lowest BCUT2D eigenvalue weighted by atomic mass is 9.95. The second-order valence-electron chi connectivity index (χ2n) is 5.46. The van der Waals surface area contributed by atoms with E-state index in [1.54, 1.807) is 0 Å². The predicted octanol–water partition coefficient (Wildman–Crippen LogP) is 2.26. The molecule has 2 rings (SSSR count). The van der Waals surface area contributed by atoms with Gasteiger partial charge >= 0.3 is 0 Å². The van der Waals surface area contributed by atoms with Crippen LogP contribution in [0.4, 0.5) is 0 Å². The largest absolute Gasteiger partial charge is 0.339 e. The Labute approximate surface area is 115 Å². The summed E-state index contributed by atoms with van der Waals surface area (Å²) in [6, 6.07) is 1.09. The van der Waals surface area contributed by atoms with Crippen molar-refractivity contribution in [2.75, 3.05) is 19.3 Å². The van der Waals surface area contributed by atoms with Crippen molar-refractivity contribution in [3.05, 3.63) is 0 Å². The molecule has 1 amide bonds. The molecule has 0 aromatic heterocycles. The van der Waals surface area contributed by atoms with Crippen LogP contribution < -0.4 is 5.32 Å². The third kappa shape index (κ3) is 3.64. The third-order valence-electron chi connectivity index (χ3n) is 4.17. The van der Waals surface area contributed by atoms with Crippen molar-refractivity contribution >= 4 is 17.7 Å². The average molecular weight is 270 g/mol. The van der Waals surface area contributed by atoms with E-state index in [1.807, 2.05) is 16.7 Å². The van der Waals surface area contributed by atoms with E-state index in [9.17, 15) is 4.79 Å². The number of amides is 1. The summed E-state index contributed by atoms with van der Waals surface area (Å²) < 4.78 is 0. The van der Waals surface area contributed by atoms with Gasteiger partial charge in [0.05, 0.1) is 6.54 Å². The maximum absolute atomic E-state index is 12.2. The molecule has 0 saturated heterocycles. The first-order valence-electron chi connectivity index (χ1n) is 7.32. The topological polar surface area (TPSA) is 32.3 Å². The van der Waals surface area contributed by atoms with E-state index < -0.39 is 0 Å². The van der Waals surface area contributed by atoms with Gasteiger partial charge in [0.1, 0.15) is 0 Å². The SMILES string of the molecule is CCN(C(=O)CNC1CCCCC1SC)C1CC1. The zero-order valence-corrected chi connectivity index (χ0v) is 12.5. The molecule has 0 spiro atoms. The van der Waals surface area contributed by atoms with Gasteiger partial charge in [-0.1, -0.05) is 12.8 Å². The van der Waals surface area contributed by atoms with Crippen LogP contribution in [0.25, 0.3) is 0 Å². The molecule has 0 heterocycles. The quantitative estimate of drug-likeness (QED) is 0.803. The number of carbonyl (C=O) groups is 1. The van der Waals surface area contributed by atoms with Crippen molar-refractivity contribution in [3.63, 3.8) is 0 Å². The third-order valence-corrected chi connectivity index (χ3v) is 5.34. The van der Waals surface area contributed by atoms with E-state index >= 15 is 0 Å². The van der Waals surface area contributed by atoms with E-state index in [1.165, 1.54) is 38.5 Å². The number of likely N-dealkylation sites (N-methyl/N-ethyl adjacent to an activating group) is 1. The Balaban J connectivity index is 1.76. The Morgan fingerprint density at radius 3 is 2.61 bits per heavy atom. The minimum atomic E-state index is 0.297. The summed E-state index contributed by atoms with van der Waals surface area (Å²) in [6.45, 7) is 3.48. The van der Waals surface area contributed by atoms with Gasteiger partial charge in [-0.15, -0.1) is 0 Å². The lowest BCUT2D eigenvalue weighted by Crippen LogP contribution is -2.46. The van der Waals surface area contributed by atoms with E-state index in [2.05, 4.69) is 18.5 Å². The Kier molecular flexibility index (Phi) is 5.37. The molecule has 104 valence electrons. The van der Waals surface area contributed by atoms with Crippen molar-refractivity contribution in [1.29, 1.82) is 0 Å². The Morgan fingerprint density at radius 2 is 2.00 bits per heavy atom. The number of nitrogens with zero attached hydrogens (tertiary/aromatic N) is 1. The molecule has 0 aromatic carbocycles. The molecule has 2 saturated carbocycles. The van der Waals surface area contributed by atoms with Crippen molar-refractivity contribution in [2.24, 2.45) is 0 Å². The van der Waals surface area contributed by atoms with Crippen LogP contribution in [0.3, 0.4) is 0 Å². The van der Waals surface area contributed by atoms with Crippen LogP contribution in [0.5, 0.6) is 0 Å². The van der Waals surface area contributed by atoms with Crippen molar-refractivity contribution < 1.29 is 4.79 Å². The standard InChI is InChI=1S/C14H26N2OS/c1-3-16(11-8-9-11)14(17)10-15-12-6-4-5-7-13(12)18-2/h11-13,15H,3-10H2,1-2H3. The summed E-state index contributed by atoms with van der Waals surface area (Å²) in [5.41, 5.74) is 0. The lowest BCUT2D eigenvalue weighted by molar-refractivity contribution is -0.130. The molecule has 2 aliphatic carbocycles. The summed E-state index contributed by atoms with van der Waals surface area (Å²) >= 11 is 1.95. The van der Waals surface area contributed by atoms with Crippen LogP contribution in [0.2, 0.25) is 0 Å². The van der Waals surface area contributed by atoms with Gasteiger partial charge < -0.3 is 10.2 Å². The van der Waals surface area contributed by atoms with Crippen LogP contribution in [0.15, 0.2) is 0 Å². The highest BCUT2D eigenvalue weighted by Gasteiger charge is 2.32. The monoisotopic (exact) mass is 270 g/mol. The maximum Gasteiger partial charge on any atom is 0.236 e. The van der Waals surface area contributed by atoms with Gasteiger partial charge in [0.15, 0.2) is 0 Å². The Morgan fingerprint density at radius 1 is 1.28 bits per heavy atom. The molecule has 2 unspecified atom stereocenters. The molecule has 1 N–H and O–H groups in total. The highest BCUT2D eigenvalue weighted by molar-refractivity contribution is 7.99. The van der Waals surface area contributed by atoms with Gasteiger partial charge in [-0.3, -0.25) is 4.79 Å². The Bertz CT molecular complexity index is 281. The van der Waals surface area contributed by atoms with Crippen LogP contribution in [0.1, 0.15) is 45.4 Å². The molecule has 0 radical (unpaired) electrons. The second kappa shape index (κ2) is 6.80. The number of rotatable bonds is 6. The molecule has 18 heavy (non-hydrogen) atoms. The molecule has 0 bridgehead atoms. The highest BCUT2D eigenvalue weighted by atomic mass is 32.2. The molecule has 2 aliphatic rings. The van der Waals surface area contributed by atoms with Crippen molar-refractivity contribution in [1.82, 2.24) is 10.2 Å². The normalized spacial score (nSPS) is 28.1. The molecule has 0 aromatic rings. The number of hydrogen-bond donors (Lipinski definition) is 1.